The lowest BCUT2D eigenvalue weighted by atomic mass is 10.00. The van der Waals surface area contributed by atoms with Crippen LogP contribution in [0.25, 0.3) is 0 Å². The molecule has 9 heteroatoms. The van der Waals surface area contributed by atoms with Gasteiger partial charge in [0.05, 0.1) is 7.11 Å². The van der Waals surface area contributed by atoms with Gasteiger partial charge in [0, 0.05) is 30.3 Å². The minimum Gasteiger partial charge on any atom is -0.507 e. The van der Waals surface area contributed by atoms with Crippen molar-refractivity contribution in [3.8, 4) is 11.5 Å². The molecule has 0 radical (unpaired) electrons. The Morgan fingerprint density at radius 1 is 1.10 bits per heavy atom. The van der Waals surface area contributed by atoms with Crippen molar-refractivity contribution in [2.45, 2.75) is 25.3 Å². The van der Waals surface area contributed by atoms with Gasteiger partial charge in [-0.05, 0) is 43.5 Å². The number of hydrogen-bond acceptors (Lipinski definition) is 5. The van der Waals surface area contributed by atoms with Crippen molar-refractivity contribution in [2.75, 3.05) is 20.2 Å². The van der Waals surface area contributed by atoms with Gasteiger partial charge in [-0.2, -0.15) is 0 Å². The maximum absolute atomic E-state index is 14.4. The molecule has 0 aromatic heterocycles. The van der Waals surface area contributed by atoms with Crippen LogP contribution in [0.4, 0.5) is 9.18 Å². The number of urea groups is 1. The van der Waals surface area contributed by atoms with E-state index in [0.29, 0.717) is 25.1 Å². The van der Waals surface area contributed by atoms with Crippen LogP contribution in [0, 0.1) is 5.82 Å². The minimum atomic E-state index is -0.951. The Morgan fingerprint density at radius 2 is 1.77 bits per heavy atom. The molecular formula is C22H24FN3O5. The van der Waals surface area contributed by atoms with Crippen LogP contribution in [0.1, 0.15) is 45.5 Å². The molecule has 31 heavy (non-hydrogen) atoms. The topological polar surface area (TPSA) is 122 Å². The van der Waals surface area contributed by atoms with Gasteiger partial charge >= 0.3 is 6.03 Å². The second kappa shape index (κ2) is 9.46. The summed E-state index contributed by atoms with van der Waals surface area (Å²) in [6.07, 6.45) is 2.05. The molecule has 1 atom stereocenters. The number of primary amides is 1. The van der Waals surface area contributed by atoms with Crippen LogP contribution in [0.3, 0.4) is 0 Å². The van der Waals surface area contributed by atoms with Gasteiger partial charge < -0.3 is 25.8 Å². The lowest BCUT2D eigenvalue weighted by Gasteiger charge is -2.18. The van der Waals surface area contributed by atoms with E-state index in [9.17, 15) is 23.9 Å². The van der Waals surface area contributed by atoms with Gasteiger partial charge in [0.15, 0.2) is 17.3 Å². The number of likely N-dealkylation sites (tertiary alicyclic amines) is 1. The molecule has 1 heterocycles. The fourth-order valence-corrected chi connectivity index (χ4v) is 3.57. The largest absolute Gasteiger partial charge is 0.507 e. The number of nitrogens with zero attached hydrogens (tertiary/aromatic N) is 1. The van der Waals surface area contributed by atoms with Gasteiger partial charge in [-0.3, -0.25) is 9.59 Å². The van der Waals surface area contributed by atoms with E-state index in [1.54, 1.807) is 4.90 Å². The number of halogens is 1. The molecule has 0 bridgehead atoms. The summed E-state index contributed by atoms with van der Waals surface area (Å²) in [5.74, 6) is -2.64. The number of nitrogens with two attached hydrogens (primary N) is 1. The summed E-state index contributed by atoms with van der Waals surface area (Å²) in [5, 5.41) is 12.9. The van der Waals surface area contributed by atoms with E-state index >= 15 is 0 Å². The minimum absolute atomic E-state index is 0.0963. The number of carbonyl (C=O) groups excluding carboxylic acids is 3. The number of aromatic hydroxyl groups is 1. The van der Waals surface area contributed by atoms with Crippen LogP contribution >= 0.6 is 0 Å². The number of rotatable bonds is 5. The van der Waals surface area contributed by atoms with Crippen molar-refractivity contribution >= 4 is 17.7 Å². The molecule has 8 nitrogen and oxygen atoms in total. The second-order valence-electron chi connectivity index (χ2n) is 7.31. The molecule has 3 rings (SSSR count). The molecule has 1 saturated heterocycles. The molecule has 1 aliphatic rings. The average molecular weight is 429 g/mol. The molecule has 0 saturated carbocycles. The third-order valence-corrected chi connectivity index (χ3v) is 5.32. The summed E-state index contributed by atoms with van der Waals surface area (Å²) in [4.78, 5) is 38.1. The number of hydrogen-bond donors (Lipinski definition) is 3. The summed E-state index contributed by atoms with van der Waals surface area (Å²) in [7, 11) is 1.26. The Morgan fingerprint density at radius 3 is 2.42 bits per heavy atom. The third-order valence-electron chi connectivity index (χ3n) is 5.32. The van der Waals surface area contributed by atoms with Crippen molar-refractivity contribution in [2.24, 2.45) is 5.73 Å². The summed E-state index contributed by atoms with van der Waals surface area (Å²) >= 11 is 0. The zero-order chi connectivity index (χ0) is 22.5. The Kier molecular flexibility index (Phi) is 6.74. The molecule has 0 unspecified atom stereocenters. The number of ether oxygens (including phenoxy) is 1. The number of benzene rings is 2. The Hall–Kier alpha value is -3.62. The summed E-state index contributed by atoms with van der Waals surface area (Å²) in [5.41, 5.74) is 5.28. The van der Waals surface area contributed by atoms with Gasteiger partial charge in [0.25, 0.3) is 5.91 Å². The number of ketones is 1. The highest BCUT2D eigenvalue weighted by molar-refractivity contribution is 6.11. The number of amides is 3. The summed E-state index contributed by atoms with van der Waals surface area (Å²) in [6, 6.07) is 7.57. The molecular weight excluding hydrogens is 405 g/mol. The van der Waals surface area contributed by atoms with Crippen LogP contribution in [-0.2, 0) is 0 Å². The molecule has 1 aliphatic heterocycles. The second-order valence-corrected chi connectivity index (χ2v) is 7.31. The maximum atomic E-state index is 14.4. The highest BCUT2D eigenvalue weighted by atomic mass is 19.1. The number of phenolic OH excluding ortho intramolecular Hbond substituents is 1. The van der Waals surface area contributed by atoms with Crippen molar-refractivity contribution in [1.29, 1.82) is 0 Å². The van der Waals surface area contributed by atoms with Crippen LogP contribution in [0.2, 0.25) is 0 Å². The summed E-state index contributed by atoms with van der Waals surface area (Å²) < 4.78 is 19.3. The molecule has 1 fully saturated rings. The van der Waals surface area contributed by atoms with E-state index in [-0.39, 0.29) is 23.3 Å². The first kappa shape index (κ1) is 22.1. The third kappa shape index (κ3) is 4.93. The average Bonchev–Trinajstić information content (AvgIpc) is 2.99. The van der Waals surface area contributed by atoms with Crippen molar-refractivity contribution in [3.63, 3.8) is 0 Å². The van der Waals surface area contributed by atoms with Crippen molar-refractivity contribution in [1.82, 2.24) is 10.2 Å². The molecule has 4 N–H and O–H groups in total. The Labute approximate surface area is 178 Å². The zero-order valence-electron chi connectivity index (χ0n) is 17.1. The number of carbonyl (C=O) groups is 3. The lowest BCUT2D eigenvalue weighted by Crippen LogP contribution is -2.38. The fraction of sp³-hybridized carbons (Fsp3) is 0.318. The molecule has 164 valence electrons. The van der Waals surface area contributed by atoms with E-state index in [1.165, 1.54) is 43.5 Å². The molecule has 0 aliphatic carbocycles. The first-order chi connectivity index (χ1) is 14.8. The number of methoxy groups -OCH3 is 1. The highest BCUT2D eigenvalue weighted by Gasteiger charge is 2.23. The molecule has 0 spiro atoms. The van der Waals surface area contributed by atoms with Gasteiger partial charge in [0.2, 0.25) is 0 Å². The van der Waals surface area contributed by atoms with Crippen LogP contribution in [-0.4, -0.2) is 54.0 Å². The first-order valence-corrected chi connectivity index (χ1v) is 9.87. The predicted octanol–water partition coefficient (Wildman–Crippen LogP) is 2.43. The Balaban J connectivity index is 1.70. The maximum Gasteiger partial charge on any atom is 0.314 e. The van der Waals surface area contributed by atoms with Crippen LogP contribution < -0.4 is 15.8 Å². The highest BCUT2D eigenvalue weighted by Crippen LogP contribution is 2.30. The predicted molar refractivity (Wildman–Crippen MR) is 111 cm³/mol. The van der Waals surface area contributed by atoms with Gasteiger partial charge in [0.1, 0.15) is 11.3 Å². The molecule has 3 amide bonds. The quantitative estimate of drug-likeness (QED) is 0.630. The zero-order valence-corrected chi connectivity index (χ0v) is 17.1. The van der Waals surface area contributed by atoms with Crippen LogP contribution in [0.15, 0.2) is 36.4 Å². The monoisotopic (exact) mass is 429 g/mol. The van der Waals surface area contributed by atoms with Gasteiger partial charge in [-0.15, -0.1) is 0 Å². The normalized spacial score (nSPS) is 16.3. The van der Waals surface area contributed by atoms with Crippen molar-refractivity contribution in [3.05, 3.63) is 58.9 Å². The van der Waals surface area contributed by atoms with E-state index in [2.05, 4.69) is 5.32 Å². The SMILES string of the molecule is COc1ccc(O)c(C(=O)c2ccc(C(=O)N[C@H]3CCCN(C(N)=O)CC3)cc2)c1F. The molecule has 2 aromatic rings. The smallest absolute Gasteiger partial charge is 0.314 e. The fourth-order valence-electron chi connectivity index (χ4n) is 3.57. The standard InChI is InChI=1S/C22H24FN3O5/c1-31-17-9-8-16(27)18(19(17)23)20(28)13-4-6-14(7-5-13)21(29)25-15-3-2-11-26(12-10-15)22(24)30/h4-9,15,27H,2-3,10-12H2,1H3,(H2,24,30)(H,25,29)/t15-/m0/s1. The van der Waals surface area contributed by atoms with Gasteiger partial charge in [-0.1, -0.05) is 12.1 Å². The first-order valence-electron chi connectivity index (χ1n) is 9.87. The lowest BCUT2D eigenvalue weighted by molar-refractivity contribution is 0.0932. The van der Waals surface area contributed by atoms with E-state index in [1.807, 2.05) is 0 Å². The van der Waals surface area contributed by atoms with Crippen molar-refractivity contribution < 1.29 is 28.6 Å². The summed E-state index contributed by atoms with van der Waals surface area (Å²) in [6.45, 7) is 1.04. The Bertz CT molecular complexity index is 993. The number of nitrogens with one attached hydrogen (secondary N) is 1. The van der Waals surface area contributed by atoms with E-state index < -0.39 is 28.9 Å². The molecule has 2 aromatic carbocycles. The van der Waals surface area contributed by atoms with Crippen LogP contribution in [0.5, 0.6) is 11.5 Å². The van der Waals surface area contributed by atoms with Gasteiger partial charge in [-0.25, -0.2) is 9.18 Å². The van der Waals surface area contributed by atoms with E-state index in [4.69, 9.17) is 10.5 Å². The van der Waals surface area contributed by atoms with E-state index in [0.717, 1.165) is 12.8 Å². The number of phenols is 1.